The van der Waals surface area contributed by atoms with Gasteiger partial charge in [-0.3, -0.25) is 0 Å². The number of hydrogen-bond acceptors (Lipinski definition) is 2. The number of anilines is 1. The molecule has 20 heavy (non-hydrogen) atoms. The Morgan fingerprint density at radius 1 is 1.45 bits per heavy atom. The van der Waals surface area contributed by atoms with Gasteiger partial charge in [0.2, 0.25) is 0 Å². The molecule has 0 unspecified atom stereocenters. The maximum Gasteiger partial charge on any atom is 0.321 e. The minimum Gasteiger partial charge on any atom is -0.383 e. The molecule has 0 aliphatic rings. The quantitative estimate of drug-likeness (QED) is 0.868. The smallest absolute Gasteiger partial charge is 0.321 e. The van der Waals surface area contributed by atoms with E-state index in [-0.39, 0.29) is 6.03 Å². The second kappa shape index (κ2) is 8.12. The Balaban J connectivity index is 2.76. The summed E-state index contributed by atoms with van der Waals surface area (Å²) in [6.45, 7) is 7.88. The third-order valence-electron chi connectivity index (χ3n) is 2.88. The van der Waals surface area contributed by atoms with E-state index in [2.05, 4.69) is 19.2 Å². The standard InChI is InChI=1S/C15H23ClN2O2/c1-11(2)10-18(7-8-20-4)15(19)17-14-9-13(16)6-5-12(14)3/h5-6,9,11H,7-8,10H2,1-4H3,(H,17,19). The molecular weight excluding hydrogens is 276 g/mol. The molecule has 1 N–H and O–H groups in total. The third kappa shape index (κ3) is 5.39. The molecule has 0 spiro atoms. The van der Waals surface area contributed by atoms with Gasteiger partial charge in [-0.15, -0.1) is 0 Å². The van der Waals surface area contributed by atoms with Crippen molar-refractivity contribution in [3.05, 3.63) is 28.8 Å². The number of rotatable bonds is 6. The molecular formula is C15H23ClN2O2. The Kier molecular flexibility index (Phi) is 6.82. The first-order valence-corrected chi connectivity index (χ1v) is 7.13. The maximum absolute atomic E-state index is 12.3. The maximum atomic E-state index is 12.3. The first-order valence-electron chi connectivity index (χ1n) is 6.75. The molecule has 0 aliphatic heterocycles. The van der Waals surface area contributed by atoms with Gasteiger partial charge in [0.15, 0.2) is 0 Å². The number of amides is 2. The Hall–Kier alpha value is -1.26. The lowest BCUT2D eigenvalue weighted by Crippen LogP contribution is -2.39. The van der Waals surface area contributed by atoms with Crippen molar-refractivity contribution in [2.24, 2.45) is 5.92 Å². The predicted octanol–water partition coefficient (Wildman–Crippen LogP) is 3.78. The molecule has 2 amide bonds. The van der Waals surface area contributed by atoms with Crippen LogP contribution in [0, 0.1) is 12.8 Å². The summed E-state index contributed by atoms with van der Waals surface area (Å²) in [7, 11) is 1.63. The zero-order valence-electron chi connectivity index (χ0n) is 12.6. The molecule has 5 heteroatoms. The molecule has 4 nitrogen and oxygen atoms in total. The average Bonchev–Trinajstić information content (AvgIpc) is 2.38. The summed E-state index contributed by atoms with van der Waals surface area (Å²) in [5.74, 6) is 0.401. The number of urea groups is 1. The molecule has 0 heterocycles. The fourth-order valence-electron chi connectivity index (χ4n) is 1.84. The lowest BCUT2D eigenvalue weighted by atomic mass is 10.2. The van der Waals surface area contributed by atoms with Crippen molar-refractivity contribution in [3.8, 4) is 0 Å². The normalized spacial score (nSPS) is 10.7. The summed E-state index contributed by atoms with van der Waals surface area (Å²) >= 11 is 5.96. The molecule has 0 saturated heterocycles. The van der Waals surface area contributed by atoms with Crippen LogP contribution in [-0.2, 0) is 4.74 Å². The van der Waals surface area contributed by atoms with Crippen LogP contribution in [0.5, 0.6) is 0 Å². The van der Waals surface area contributed by atoms with Gasteiger partial charge in [0.1, 0.15) is 0 Å². The van der Waals surface area contributed by atoms with Crippen molar-refractivity contribution in [2.45, 2.75) is 20.8 Å². The molecule has 1 aromatic carbocycles. The van der Waals surface area contributed by atoms with E-state index in [0.717, 1.165) is 11.3 Å². The minimum absolute atomic E-state index is 0.124. The first kappa shape index (κ1) is 16.8. The summed E-state index contributed by atoms with van der Waals surface area (Å²) in [6.07, 6.45) is 0. The minimum atomic E-state index is -0.124. The van der Waals surface area contributed by atoms with Crippen LogP contribution < -0.4 is 5.32 Å². The van der Waals surface area contributed by atoms with E-state index in [1.807, 2.05) is 19.1 Å². The number of carbonyl (C=O) groups excluding carboxylic acids is 1. The number of aryl methyl sites for hydroxylation is 1. The first-order chi connectivity index (χ1) is 9.43. The zero-order chi connectivity index (χ0) is 15.1. The van der Waals surface area contributed by atoms with Crippen LogP contribution in [0.3, 0.4) is 0 Å². The van der Waals surface area contributed by atoms with E-state index >= 15 is 0 Å². The molecule has 1 aromatic rings. The topological polar surface area (TPSA) is 41.6 Å². The summed E-state index contributed by atoms with van der Waals surface area (Å²) in [6, 6.07) is 5.34. The van der Waals surface area contributed by atoms with E-state index in [9.17, 15) is 4.79 Å². The molecule has 0 aromatic heterocycles. The predicted molar refractivity (Wildman–Crippen MR) is 83.5 cm³/mol. The van der Waals surface area contributed by atoms with Gasteiger partial charge >= 0.3 is 6.03 Å². The van der Waals surface area contributed by atoms with E-state index in [4.69, 9.17) is 16.3 Å². The SMILES string of the molecule is COCCN(CC(C)C)C(=O)Nc1cc(Cl)ccc1C. The third-order valence-corrected chi connectivity index (χ3v) is 3.11. The van der Waals surface area contributed by atoms with Crippen LogP contribution in [-0.4, -0.2) is 37.7 Å². The number of hydrogen-bond donors (Lipinski definition) is 1. The van der Waals surface area contributed by atoms with Gasteiger partial charge in [0, 0.05) is 30.9 Å². The van der Waals surface area contributed by atoms with E-state index in [1.165, 1.54) is 0 Å². The number of benzene rings is 1. The molecule has 1 rings (SSSR count). The van der Waals surface area contributed by atoms with Crippen LogP contribution in [0.4, 0.5) is 10.5 Å². The van der Waals surface area contributed by atoms with E-state index < -0.39 is 0 Å². The van der Waals surface area contributed by atoms with Gasteiger partial charge < -0.3 is 15.0 Å². The number of methoxy groups -OCH3 is 1. The van der Waals surface area contributed by atoms with E-state index in [1.54, 1.807) is 18.1 Å². The van der Waals surface area contributed by atoms with E-state index in [0.29, 0.717) is 30.6 Å². The van der Waals surface area contributed by atoms with Gasteiger partial charge in [-0.05, 0) is 30.5 Å². The van der Waals surface area contributed by atoms with Gasteiger partial charge in [-0.25, -0.2) is 4.79 Å². The summed E-state index contributed by atoms with van der Waals surface area (Å²) in [5.41, 5.74) is 1.73. The highest BCUT2D eigenvalue weighted by molar-refractivity contribution is 6.31. The number of ether oxygens (including phenoxy) is 1. The fraction of sp³-hybridized carbons (Fsp3) is 0.533. The molecule has 0 bridgehead atoms. The molecule has 0 aliphatic carbocycles. The number of carbonyl (C=O) groups is 1. The van der Waals surface area contributed by atoms with Crippen LogP contribution >= 0.6 is 11.6 Å². The second-order valence-corrected chi connectivity index (χ2v) is 5.66. The highest BCUT2D eigenvalue weighted by Crippen LogP contribution is 2.20. The molecule has 112 valence electrons. The van der Waals surface area contributed by atoms with Crippen LogP contribution in [0.1, 0.15) is 19.4 Å². The van der Waals surface area contributed by atoms with Gasteiger partial charge in [-0.2, -0.15) is 0 Å². The van der Waals surface area contributed by atoms with Crippen LogP contribution in [0.2, 0.25) is 5.02 Å². The van der Waals surface area contributed by atoms with Gasteiger partial charge in [0.25, 0.3) is 0 Å². The van der Waals surface area contributed by atoms with Gasteiger partial charge in [-0.1, -0.05) is 31.5 Å². The molecule has 0 radical (unpaired) electrons. The zero-order valence-corrected chi connectivity index (χ0v) is 13.3. The summed E-state index contributed by atoms with van der Waals surface area (Å²) in [4.78, 5) is 14.1. The molecule has 0 atom stereocenters. The average molecular weight is 299 g/mol. The number of nitrogens with one attached hydrogen (secondary N) is 1. The number of halogens is 1. The monoisotopic (exact) mass is 298 g/mol. The second-order valence-electron chi connectivity index (χ2n) is 5.22. The highest BCUT2D eigenvalue weighted by atomic mass is 35.5. The number of nitrogens with zero attached hydrogens (tertiary/aromatic N) is 1. The Morgan fingerprint density at radius 3 is 2.75 bits per heavy atom. The van der Waals surface area contributed by atoms with Crippen LogP contribution in [0.15, 0.2) is 18.2 Å². The Bertz CT molecular complexity index is 449. The Labute approximate surface area is 126 Å². The van der Waals surface area contributed by atoms with Crippen molar-refractivity contribution >= 4 is 23.3 Å². The van der Waals surface area contributed by atoms with Gasteiger partial charge in [0.05, 0.1) is 6.61 Å². The summed E-state index contributed by atoms with van der Waals surface area (Å²) < 4.78 is 5.05. The Morgan fingerprint density at radius 2 is 2.15 bits per heavy atom. The van der Waals surface area contributed by atoms with Crippen LogP contribution in [0.25, 0.3) is 0 Å². The largest absolute Gasteiger partial charge is 0.383 e. The lowest BCUT2D eigenvalue weighted by Gasteiger charge is -2.25. The van der Waals surface area contributed by atoms with Crippen molar-refractivity contribution in [1.29, 1.82) is 0 Å². The lowest BCUT2D eigenvalue weighted by molar-refractivity contribution is 0.150. The summed E-state index contributed by atoms with van der Waals surface area (Å²) in [5, 5.41) is 3.52. The van der Waals surface area contributed by atoms with Crippen molar-refractivity contribution in [1.82, 2.24) is 4.90 Å². The molecule has 0 saturated carbocycles. The molecule has 0 fully saturated rings. The highest BCUT2D eigenvalue weighted by Gasteiger charge is 2.15. The van der Waals surface area contributed by atoms with Crippen molar-refractivity contribution < 1.29 is 9.53 Å². The fourth-order valence-corrected chi connectivity index (χ4v) is 2.01. The van der Waals surface area contributed by atoms with Crippen molar-refractivity contribution in [3.63, 3.8) is 0 Å². The van der Waals surface area contributed by atoms with Crippen molar-refractivity contribution in [2.75, 3.05) is 32.1 Å².